The van der Waals surface area contributed by atoms with Crippen LogP contribution in [-0.4, -0.2) is 10.2 Å². The van der Waals surface area contributed by atoms with Gasteiger partial charge in [0.05, 0.1) is 0 Å². The van der Waals surface area contributed by atoms with Crippen LogP contribution in [0, 0.1) is 0 Å². The highest BCUT2D eigenvalue weighted by Crippen LogP contribution is 2.43. The van der Waals surface area contributed by atoms with Gasteiger partial charge in [-0.05, 0) is 107 Å². The molecule has 0 radical (unpaired) electrons. The number of phenolic OH excluding ortho intramolecular Hbond substituents is 2. The summed E-state index contributed by atoms with van der Waals surface area (Å²) in [5, 5.41) is 22.1. The second kappa shape index (κ2) is 10.4. The summed E-state index contributed by atoms with van der Waals surface area (Å²) >= 11 is 0. The molecule has 2 aromatic rings. The zero-order chi connectivity index (χ0) is 22.6. The van der Waals surface area contributed by atoms with Crippen LogP contribution in [-0.2, 0) is 0 Å². The van der Waals surface area contributed by atoms with E-state index in [4.69, 9.17) is 0 Å². The van der Waals surface area contributed by atoms with Crippen LogP contribution in [0.1, 0.15) is 127 Å². The second-order valence-electron chi connectivity index (χ2n) is 9.24. The molecule has 0 saturated carbocycles. The number of hydrogen-bond acceptors (Lipinski definition) is 2. The minimum Gasteiger partial charge on any atom is -0.507 e. The van der Waals surface area contributed by atoms with Gasteiger partial charge in [-0.1, -0.05) is 55.4 Å². The number of phenols is 2. The van der Waals surface area contributed by atoms with E-state index in [1.807, 2.05) is 0 Å². The molecule has 0 spiro atoms. The van der Waals surface area contributed by atoms with Gasteiger partial charge in [0.1, 0.15) is 11.5 Å². The molecule has 2 heteroatoms. The van der Waals surface area contributed by atoms with E-state index in [0.717, 1.165) is 59.1 Å². The fourth-order valence-electron chi connectivity index (χ4n) is 4.08. The first kappa shape index (κ1) is 24.3. The predicted octanol–water partition coefficient (Wildman–Crippen LogP) is 8.82. The van der Waals surface area contributed by atoms with Gasteiger partial charge in [-0.15, -0.1) is 0 Å². The van der Waals surface area contributed by atoms with Gasteiger partial charge < -0.3 is 10.2 Å². The van der Waals surface area contributed by atoms with E-state index in [2.05, 4.69) is 79.7 Å². The Bertz CT molecular complexity index is 718. The fraction of sp³-hybridized carbons (Fsp3) is 0.571. The quantitative estimate of drug-likeness (QED) is 0.433. The molecule has 0 aliphatic carbocycles. The minimum atomic E-state index is 0.299. The van der Waals surface area contributed by atoms with Gasteiger partial charge in [-0.3, -0.25) is 0 Å². The first-order valence-corrected chi connectivity index (χ1v) is 11.9. The molecule has 2 N–H and O–H groups in total. The molecule has 0 heterocycles. The number of aromatic hydroxyl groups is 2. The maximum atomic E-state index is 11.0. The van der Waals surface area contributed by atoms with Gasteiger partial charge >= 0.3 is 0 Å². The van der Waals surface area contributed by atoms with E-state index in [0.29, 0.717) is 35.2 Å². The van der Waals surface area contributed by atoms with Crippen LogP contribution in [0.2, 0.25) is 0 Å². The molecule has 0 fully saturated rings. The Kier molecular flexibility index (Phi) is 8.41. The van der Waals surface area contributed by atoms with Crippen molar-refractivity contribution in [3.05, 3.63) is 46.5 Å². The Balaban J connectivity index is 2.81. The third-order valence-corrected chi connectivity index (χ3v) is 7.24. The molecule has 4 atom stereocenters. The third-order valence-electron chi connectivity index (χ3n) is 7.24. The fourth-order valence-corrected chi connectivity index (χ4v) is 4.08. The summed E-state index contributed by atoms with van der Waals surface area (Å²) in [6, 6.07) is 8.68. The molecule has 0 aliphatic rings. The molecule has 2 nitrogen and oxygen atoms in total. The highest BCUT2D eigenvalue weighted by atomic mass is 16.3. The van der Waals surface area contributed by atoms with Gasteiger partial charge in [-0.2, -0.15) is 0 Å². The van der Waals surface area contributed by atoms with E-state index in [-0.39, 0.29) is 0 Å². The highest BCUT2D eigenvalue weighted by molar-refractivity contribution is 5.71. The monoisotopic (exact) mass is 410 g/mol. The van der Waals surface area contributed by atoms with Crippen molar-refractivity contribution >= 4 is 0 Å². The maximum Gasteiger partial charge on any atom is 0.122 e. The normalized spacial score (nSPS) is 15.6. The highest BCUT2D eigenvalue weighted by Gasteiger charge is 2.21. The lowest BCUT2D eigenvalue weighted by atomic mass is 9.83. The standard InChI is InChI=1S/C28H42O2/c1-9-17(5)23-13-21(14-24(27(23)29)18(6)10-2)22-15-25(19(7)11-3)28(30)26(16-22)20(8)12-4/h13-20,29-30H,9-12H2,1-8H3. The van der Waals surface area contributed by atoms with E-state index in [1.165, 1.54) is 0 Å². The zero-order valence-corrected chi connectivity index (χ0v) is 20.3. The molecule has 166 valence electrons. The molecule has 0 aromatic heterocycles. The summed E-state index contributed by atoms with van der Waals surface area (Å²) in [4.78, 5) is 0. The lowest BCUT2D eigenvalue weighted by Crippen LogP contribution is -2.02. The van der Waals surface area contributed by atoms with Crippen molar-refractivity contribution in [2.24, 2.45) is 0 Å². The number of benzene rings is 2. The van der Waals surface area contributed by atoms with E-state index >= 15 is 0 Å². The Labute approximate surface area is 184 Å². The van der Waals surface area contributed by atoms with Crippen LogP contribution >= 0.6 is 0 Å². The lowest BCUT2D eigenvalue weighted by molar-refractivity contribution is 0.448. The van der Waals surface area contributed by atoms with Crippen molar-refractivity contribution in [1.82, 2.24) is 0 Å². The number of rotatable bonds is 9. The van der Waals surface area contributed by atoms with Crippen molar-refractivity contribution in [3.8, 4) is 22.6 Å². The third kappa shape index (κ3) is 4.85. The van der Waals surface area contributed by atoms with Gasteiger partial charge in [0.2, 0.25) is 0 Å². The summed E-state index contributed by atoms with van der Waals surface area (Å²) < 4.78 is 0. The van der Waals surface area contributed by atoms with E-state index < -0.39 is 0 Å². The predicted molar refractivity (Wildman–Crippen MR) is 130 cm³/mol. The molecule has 4 unspecified atom stereocenters. The molecule has 0 saturated heterocycles. The SMILES string of the molecule is CCC(C)c1cc(-c2cc(C(C)CC)c(O)c(C(C)CC)c2)cc(C(C)CC)c1O. The Morgan fingerprint density at radius 3 is 0.867 bits per heavy atom. The van der Waals surface area contributed by atoms with Crippen molar-refractivity contribution in [1.29, 1.82) is 0 Å². The molecular formula is C28H42O2. The Morgan fingerprint density at radius 2 is 0.700 bits per heavy atom. The van der Waals surface area contributed by atoms with E-state index in [1.54, 1.807) is 0 Å². The summed E-state index contributed by atoms with van der Waals surface area (Å²) in [7, 11) is 0. The number of hydrogen-bond donors (Lipinski definition) is 2. The molecule has 0 amide bonds. The molecule has 2 rings (SSSR count). The molecule has 30 heavy (non-hydrogen) atoms. The van der Waals surface area contributed by atoms with Crippen LogP contribution in [0.5, 0.6) is 11.5 Å². The first-order valence-electron chi connectivity index (χ1n) is 11.9. The van der Waals surface area contributed by atoms with Crippen LogP contribution in [0.25, 0.3) is 11.1 Å². The topological polar surface area (TPSA) is 40.5 Å². The first-order chi connectivity index (χ1) is 14.2. The van der Waals surface area contributed by atoms with Gasteiger partial charge in [0, 0.05) is 0 Å². The lowest BCUT2D eigenvalue weighted by Gasteiger charge is -2.23. The van der Waals surface area contributed by atoms with Crippen molar-refractivity contribution < 1.29 is 10.2 Å². The molecule has 0 bridgehead atoms. The average Bonchev–Trinajstić information content (AvgIpc) is 2.77. The van der Waals surface area contributed by atoms with Crippen LogP contribution in [0.15, 0.2) is 24.3 Å². The van der Waals surface area contributed by atoms with Crippen LogP contribution < -0.4 is 0 Å². The molecular weight excluding hydrogens is 368 g/mol. The molecule has 2 aromatic carbocycles. The zero-order valence-electron chi connectivity index (χ0n) is 20.3. The summed E-state index contributed by atoms with van der Waals surface area (Å²) in [6.07, 6.45) is 3.96. The second-order valence-corrected chi connectivity index (χ2v) is 9.24. The van der Waals surface area contributed by atoms with Crippen molar-refractivity contribution in [2.75, 3.05) is 0 Å². The van der Waals surface area contributed by atoms with Crippen molar-refractivity contribution in [3.63, 3.8) is 0 Å². The van der Waals surface area contributed by atoms with Gasteiger partial charge in [0.25, 0.3) is 0 Å². The van der Waals surface area contributed by atoms with Crippen molar-refractivity contribution in [2.45, 2.75) is 105 Å². The molecule has 0 aliphatic heterocycles. The van der Waals surface area contributed by atoms with Gasteiger partial charge in [-0.25, -0.2) is 0 Å². The van der Waals surface area contributed by atoms with E-state index in [9.17, 15) is 10.2 Å². The average molecular weight is 411 g/mol. The maximum absolute atomic E-state index is 11.0. The Morgan fingerprint density at radius 1 is 0.500 bits per heavy atom. The van der Waals surface area contributed by atoms with Crippen LogP contribution in [0.3, 0.4) is 0 Å². The largest absolute Gasteiger partial charge is 0.507 e. The minimum absolute atomic E-state index is 0.299. The smallest absolute Gasteiger partial charge is 0.122 e. The van der Waals surface area contributed by atoms with Crippen LogP contribution in [0.4, 0.5) is 0 Å². The summed E-state index contributed by atoms with van der Waals surface area (Å²) in [5.74, 6) is 2.12. The Hall–Kier alpha value is -1.96. The summed E-state index contributed by atoms with van der Waals surface area (Å²) in [6.45, 7) is 17.4. The summed E-state index contributed by atoms with van der Waals surface area (Å²) in [5.41, 5.74) is 6.43. The van der Waals surface area contributed by atoms with Gasteiger partial charge in [0.15, 0.2) is 0 Å².